The van der Waals surface area contributed by atoms with E-state index in [4.69, 9.17) is 4.74 Å². The number of esters is 1. The molecular weight excluding hydrogens is 480 g/mol. The molecule has 0 aliphatic carbocycles. The van der Waals surface area contributed by atoms with E-state index in [0.717, 1.165) is 12.1 Å². The molecule has 6 N–H and O–H groups in total. The minimum atomic E-state index is -0.858. The van der Waals surface area contributed by atoms with E-state index in [1.807, 2.05) is 0 Å². The van der Waals surface area contributed by atoms with Gasteiger partial charge < -0.3 is 35.8 Å². The molecule has 0 bridgehead atoms. The van der Waals surface area contributed by atoms with Gasteiger partial charge in [0.1, 0.15) is 34.7 Å². The number of ketones is 1. The molecule has 1 unspecified atom stereocenters. The molecule has 1 aliphatic heterocycles. The quantitative estimate of drug-likeness (QED) is 0.217. The molecule has 1 heterocycles. The Morgan fingerprint density at radius 3 is 2.22 bits per heavy atom. The maximum atomic E-state index is 12.9. The summed E-state index contributed by atoms with van der Waals surface area (Å²) >= 11 is 0. The molecule has 1 saturated heterocycles. The summed E-state index contributed by atoms with van der Waals surface area (Å²) in [4.78, 5) is 38.4. The third kappa shape index (κ3) is 5.81. The summed E-state index contributed by atoms with van der Waals surface area (Å²) in [6.07, 6.45) is 0.408. The lowest BCUT2D eigenvalue weighted by molar-refractivity contribution is 0.0191. The Balaban J connectivity index is 1.51. The zero-order valence-corrected chi connectivity index (χ0v) is 19.7. The van der Waals surface area contributed by atoms with E-state index in [2.05, 4.69) is 10.6 Å². The predicted octanol–water partition coefficient (Wildman–Crippen LogP) is 2.45. The van der Waals surface area contributed by atoms with Crippen LogP contribution in [0.5, 0.6) is 23.0 Å². The fraction of sp³-hybridized carbons (Fsp3) is 0.222. The van der Waals surface area contributed by atoms with Crippen molar-refractivity contribution in [2.24, 2.45) is 0 Å². The monoisotopic (exact) mass is 506 g/mol. The number of para-hydroxylation sites is 1. The maximum absolute atomic E-state index is 12.9. The fourth-order valence-electron chi connectivity index (χ4n) is 4.14. The number of carbonyl (C=O) groups is 3. The van der Waals surface area contributed by atoms with E-state index in [-0.39, 0.29) is 22.6 Å². The molecule has 1 fully saturated rings. The average molecular weight is 507 g/mol. The van der Waals surface area contributed by atoms with E-state index in [0.29, 0.717) is 31.5 Å². The van der Waals surface area contributed by atoms with Crippen LogP contribution in [-0.4, -0.2) is 63.3 Å². The number of amides is 1. The number of rotatable bonds is 6. The van der Waals surface area contributed by atoms with E-state index in [1.165, 1.54) is 48.5 Å². The highest BCUT2D eigenvalue weighted by atomic mass is 16.5. The zero-order valence-electron chi connectivity index (χ0n) is 19.7. The van der Waals surface area contributed by atoms with E-state index < -0.39 is 46.9 Å². The van der Waals surface area contributed by atoms with E-state index >= 15 is 0 Å². The van der Waals surface area contributed by atoms with Crippen LogP contribution < -0.4 is 10.6 Å². The van der Waals surface area contributed by atoms with E-state index in [1.54, 1.807) is 0 Å². The minimum absolute atomic E-state index is 0.0271. The van der Waals surface area contributed by atoms with Gasteiger partial charge >= 0.3 is 5.97 Å². The van der Waals surface area contributed by atoms with Gasteiger partial charge in [-0.25, -0.2) is 4.79 Å². The van der Waals surface area contributed by atoms with Crippen LogP contribution in [0.2, 0.25) is 0 Å². The van der Waals surface area contributed by atoms with Gasteiger partial charge in [-0.2, -0.15) is 0 Å². The molecule has 2 atom stereocenters. The second-order valence-corrected chi connectivity index (χ2v) is 8.65. The molecule has 3 aromatic rings. The number of benzene rings is 3. The smallest absolute Gasteiger partial charge is 0.338 e. The summed E-state index contributed by atoms with van der Waals surface area (Å²) in [6, 6.07) is 12.9. The molecular formula is C27H26N2O8. The van der Waals surface area contributed by atoms with Gasteiger partial charge in [-0.05, 0) is 67.9 Å². The van der Waals surface area contributed by atoms with Crippen LogP contribution in [0.15, 0.2) is 60.7 Å². The summed E-state index contributed by atoms with van der Waals surface area (Å²) in [5, 5.41) is 46.3. The van der Waals surface area contributed by atoms with Crippen LogP contribution >= 0.6 is 0 Å². The average Bonchev–Trinajstić information content (AvgIpc) is 3.09. The van der Waals surface area contributed by atoms with Crippen LogP contribution in [0.1, 0.15) is 49.5 Å². The molecule has 3 aromatic carbocycles. The van der Waals surface area contributed by atoms with E-state index in [9.17, 15) is 34.8 Å². The maximum Gasteiger partial charge on any atom is 0.338 e. The number of carbonyl (C=O) groups excluding carboxylic acids is 3. The summed E-state index contributed by atoms with van der Waals surface area (Å²) in [7, 11) is 0. The molecule has 10 nitrogen and oxygen atoms in total. The van der Waals surface area contributed by atoms with Crippen LogP contribution in [0.3, 0.4) is 0 Å². The summed E-state index contributed by atoms with van der Waals surface area (Å²) in [6.45, 7) is 0.997. The lowest BCUT2D eigenvalue weighted by atomic mass is 9.99. The Morgan fingerprint density at radius 1 is 0.865 bits per heavy atom. The molecule has 0 spiro atoms. The Bertz CT molecular complexity index is 1300. The number of aromatic hydroxyl groups is 4. The predicted molar refractivity (Wildman–Crippen MR) is 132 cm³/mol. The van der Waals surface area contributed by atoms with Crippen LogP contribution in [-0.2, 0) is 4.74 Å². The van der Waals surface area contributed by atoms with Crippen molar-refractivity contribution in [2.75, 3.05) is 13.1 Å². The highest BCUT2D eigenvalue weighted by molar-refractivity contribution is 6.14. The number of phenols is 4. The normalized spacial score (nSPS) is 17.4. The SMILES string of the molecule is O=C(NC1CNCCC[C@H]1OC(=O)c1cc(O)c(C(=O)c2ccccc2O)c(O)c1)c1ccc(O)cc1. The van der Waals surface area contributed by atoms with Gasteiger partial charge in [-0.15, -0.1) is 0 Å². The largest absolute Gasteiger partial charge is 0.508 e. The Hall–Kier alpha value is -4.57. The molecule has 37 heavy (non-hydrogen) atoms. The molecule has 10 heteroatoms. The molecule has 0 radical (unpaired) electrons. The van der Waals surface area contributed by atoms with Crippen LogP contribution in [0, 0.1) is 0 Å². The second-order valence-electron chi connectivity index (χ2n) is 8.65. The number of nitrogens with one attached hydrogen (secondary N) is 2. The van der Waals surface area contributed by atoms with Gasteiger partial charge in [0.2, 0.25) is 5.78 Å². The fourth-order valence-corrected chi connectivity index (χ4v) is 4.14. The van der Waals surface area contributed by atoms with Crippen molar-refractivity contribution in [2.45, 2.75) is 25.0 Å². The molecule has 1 aliphatic rings. The molecule has 4 rings (SSSR count). The summed E-state index contributed by atoms with van der Waals surface area (Å²) in [5.74, 6) is -3.68. The lowest BCUT2D eigenvalue weighted by Gasteiger charge is -2.26. The Morgan fingerprint density at radius 2 is 1.54 bits per heavy atom. The Labute approximate surface area is 212 Å². The highest BCUT2D eigenvalue weighted by Gasteiger charge is 2.30. The van der Waals surface area contributed by atoms with Crippen molar-refractivity contribution in [3.63, 3.8) is 0 Å². The Kier molecular flexibility index (Phi) is 7.59. The summed E-state index contributed by atoms with van der Waals surface area (Å²) in [5.41, 5.74) is -0.450. The molecule has 192 valence electrons. The molecule has 0 saturated carbocycles. The third-order valence-electron chi connectivity index (χ3n) is 6.07. The zero-order chi connectivity index (χ0) is 26.5. The van der Waals surface area contributed by atoms with Crippen molar-refractivity contribution in [1.82, 2.24) is 10.6 Å². The minimum Gasteiger partial charge on any atom is -0.508 e. The number of hydrogen-bond acceptors (Lipinski definition) is 9. The van der Waals surface area contributed by atoms with Crippen molar-refractivity contribution >= 4 is 17.7 Å². The second kappa shape index (κ2) is 11.0. The first-order valence-electron chi connectivity index (χ1n) is 11.6. The van der Waals surface area contributed by atoms with Crippen molar-refractivity contribution in [3.8, 4) is 23.0 Å². The van der Waals surface area contributed by atoms with Crippen molar-refractivity contribution in [1.29, 1.82) is 0 Å². The first kappa shape index (κ1) is 25.5. The molecule has 1 amide bonds. The third-order valence-corrected chi connectivity index (χ3v) is 6.07. The van der Waals surface area contributed by atoms with Crippen molar-refractivity contribution < 1.29 is 39.5 Å². The number of ether oxygens (including phenoxy) is 1. The number of phenolic OH excluding ortho intramolecular Hbond substituents is 4. The van der Waals surface area contributed by atoms with Crippen LogP contribution in [0.25, 0.3) is 0 Å². The standard InChI is InChI=1S/C27H26N2O8/c30-17-9-7-15(8-10-17)26(35)29-19-14-28-11-3-6-23(19)37-27(36)16-12-21(32)24(22(33)13-16)25(34)18-4-1-2-5-20(18)31/h1-2,4-5,7-10,12-13,19,23,28,30-33H,3,6,11,14H2,(H,29,35)/t19?,23-/m1/s1. The van der Waals surface area contributed by atoms with Gasteiger partial charge in [0.15, 0.2) is 0 Å². The van der Waals surface area contributed by atoms with Gasteiger partial charge in [-0.3, -0.25) is 9.59 Å². The van der Waals surface area contributed by atoms with Crippen LogP contribution in [0.4, 0.5) is 0 Å². The topological polar surface area (TPSA) is 165 Å². The van der Waals surface area contributed by atoms with Gasteiger partial charge in [0.25, 0.3) is 5.91 Å². The highest BCUT2D eigenvalue weighted by Crippen LogP contribution is 2.33. The number of hydrogen-bond donors (Lipinski definition) is 6. The van der Waals surface area contributed by atoms with Gasteiger partial charge in [-0.1, -0.05) is 12.1 Å². The van der Waals surface area contributed by atoms with Gasteiger partial charge in [0, 0.05) is 12.1 Å². The molecule has 0 aromatic heterocycles. The first-order chi connectivity index (χ1) is 17.7. The van der Waals surface area contributed by atoms with Gasteiger partial charge in [0.05, 0.1) is 17.2 Å². The summed E-state index contributed by atoms with van der Waals surface area (Å²) < 4.78 is 5.66. The first-order valence-corrected chi connectivity index (χ1v) is 11.6. The van der Waals surface area contributed by atoms with Crippen molar-refractivity contribution in [3.05, 3.63) is 82.9 Å². The lowest BCUT2D eigenvalue weighted by Crippen LogP contribution is -2.49.